The zero-order chi connectivity index (χ0) is 14.0. The maximum absolute atomic E-state index is 12.0. The zero-order valence-corrected chi connectivity index (χ0v) is 11.6. The van der Waals surface area contributed by atoms with Crippen LogP contribution in [0.2, 0.25) is 0 Å². The molecule has 19 heavy (non-hydrogen) atoms. The molecule has 1 heterocycles. The summed E-state index contributed by atoms with van der Waals surface area (Å²) in [7, 11) is 1.61. The molecule has 1 unspecified atom stereocenters. The quantitative estimate of drug-likeness (QED) is 0.905. The number of nitrogens with one attached hydrogen (secondary N) is 1. The van der Waals surface area contributed by atoms with Crippen LogP contribution in [0.5, 0.6) is 0 Å². The van der Waals surface area contributed by atoms with Gasteiger partial charge in [-0.05, 0) is 36.6 Å². The van der Waals surface area contributed by atoms with Crippen LogP contribution in [0.1, 0.15) is 37.0 Å². The van der Waals surface area contributed by atoms with E-state index in [0.717, 1.165) is 12.1 Å². The number of benzene rings is 1. The Morgan fingerprint density at radius 3 is 2.47 bits per heavy atom. The van der Waals surface area contributed by atoms with Gasteiger partial charge in [0.05, 0.1) is 0 Å². The Bertz CT molecular complexity index is 479. The molecule has 1 fully saturated rings. The summed E-state index contributed by atoms with van der Waals surface area (Å²) in [6, 6.07) is 7.49. The summed E-state index contributed by atoms with van der Waals surface area (Å²) in [6.45, 7) is 4.27. The first-order chi connectivity index (χ1) is 9.04. The maximum Gasteiger partial charge on any atom is 0.251 e. The van der Waals surface area contributed by atoms with Gasteiger partial charge in [0, 0.05) is 30.8 Å². The first-order valence-corrected chi connectivity index (χ1v) is 6.68. The van der Waals surface area contributed by atoms with Gasteiger partial charge in [-0.3, -0.25) is 9.59 Å². The average Bonchev–Trinajstić information content (AvgIpc) is 2.80. The highest BCUT2D eigenvalue weighted by Crippen LogP contribution is 2.30. The molecule has 1 aliphatic heterocycles. The number of hydrogen-bond donors (Lipinski definition) is 1. The summed E-state index contributed by atoms with van der Waals surface area (Å²) in [4.78, 5) is 25.4. The third kappa shape index (κ3) is 2.62. The lowest BCUT2D eigenvalue weighted by Gasteiger charge is -2.28. The van der Waals surface area contributed by atoms with Gasteiger partial charge in [0.1, 0.15) is 0 Å². The molecule has 0 radical (unpaired) electrons. The van der Waals surface area contributed by atoms with E-state index in [1.807, 2.05) is 17.0 Å². The molecule has 2 amide bonds. The molecule has 1 saturated heterocycles. The fourth-order valence-electron chi connectivity index (χ4n) is 2.59. The molecule has 0 aliphatic carbocycles. The van der Waals surface area contributed by atoms with Crippen LogP contribution >= 0.6 is 0 Å². The van der Waals surface area contributed by atoms with E-state index in [0.29, 0.717) is 17.9 Å². The van der Waals surface area contributed by atoms with Crippen molar-refractivity contribution in [2.75, 3.05) is 11.9 Å². The molecule has 1 atom stereocenters. The predicted molar refractivity (Wildman–Crippen MR) is 75.2 cm³/mol. The van der Waals surface area contributed by atoms with Gasteiger partial charge in [0.25, 0.3) is 5.91 Å². The molecule has 1 aromatic carbocycles. The number of nitrogens with zero attached hydrogens (tertiary/aromatic N) is 1. The molecule has 4 heteroatoms. The largest absolute Gasteiger partial charge is 0.355 e. The van der Waals surface area contributed by atoms with Crippen LogP contribution in [0.25, 0.3) is 0 Å². The second-order valence-electron chi connectivity index (χ2n) is 5.24. The minimum Gasteiger partial charge on any atom is -0.355 e. The molecular formula is C15H20N2O2. The summed E-state index contributed by atoms with van der Waals surface area (Å²) in [6.07, 6.45) is 1.52. The Balaban J connectivity index is 2.25. The zero-order valence-electron chi connectivity index (χ0n) is 11.6. The Kier molecular flexibility index (Phi) is 3.88. The number of anilines is 1. The van der Waals surface area contributed by atoms with Gasteiger partial charge < -0.3 is 10.2 Å². The molecule has 2 rings (SSSR count). The Hall–Kier alpha value is -1.84. The molecular weight excluding hydrogens is 240 g/mol. The van der Waals surface area contributed by atoms with E-state index in [2.05, 4.69) is 19.2 Å². The lowest BCUT2D eigenvalue weighted by Crippen LogP contribution is -2.36. The van der Waals surface area contributed by atoms with Crippen LogP contribution in [0.3, 0.4) is 0 Å². The van der Waals surface area contributed by atoms with Crippen molar-refractivity contribution in [2.45, 2.75) is 32.7 Å². The first kappa shape index (κ1) is 13.6. The van der Waals surface area contributed by atoms with Gasteiger partial charge in [-0.15, -0.1) is 0 Å². The molecule has 1 aliphatic rings. The Morgan fingerprint density at radius 2 is 1.95 bits per heavy atom. The molecule has 1 aromatic rings. The van der Waals surface area contributed by atoms with E-state index in [1.165, 1.54) is 0 Å². The summed E-state index contributed by atoms with van der Waals surface area (Å²) < 4.78 is 0. The van der Waals surface area contributed by atoms with Crippen molar-refractivity contribution in [1.29, 1.82) is 0 Å². The summed E-state index contributed by atoms with van der Waals surface area (Å²) >= 11 is 0. The van der Waals surface area contributed by atoms with Crippen LogP contribution in [0.4, 0.5) is 5.69 Å². The van der Waals surface area contributed by atoms with Gasteiger partial charge in [0.15, 0.2) is 0 Å². The highest BCUT2D eigenvalue weighted by molar-refractivity contribution is 5.98. The standard InChI is InChI=1S/C15H20N2O2/c1-10(2)13-8-9-14(18)17(13)12-6-4-11(5-7-12)15(19)16-3/h4-7,10,13H,8-9H2,1-3H3,(H,16,19). The first-order valence-electron chi connectivity index (χ1n) is 6.68. The normalized spacial score (nSPS) is 19.1. The molecule has 0 bridgehead atoms. The molecule has 0 saturated carbocycles. The van der Waals surface area contributed by atoms with Crippen LogP contribution in [0, 0.1) is 5.92 Å². The van der Waals surface area contributed by atoms with Gasteiger partial charge in [-0.25, -0.2) is 0 Å². The van der Waals surface area contributed by atoms with Gasteiger partial charge in [-0.1, -0.05) is 13.8 Å². The topological polar surface area (TPSA) is 49.4 Å². The predicted octanol–water partition coefficient (Wildman–Crippen LogP) is 2.20. The van der Waals surface area contributed by atoms with Crippen LogP contribution in [0.15, 0.2) is 24.3 Å². The van der Waals surface area contributed by atoms with Crippen LogP contribution in [-0.4, -0.2) is 24.9 Å². The number of carbonyl (C=O) groups excluding carboxylic acids is 2. The van der Waals surface area contributed by atoms with Gasteiger partial charge in [0.2, 0.25) is 5.91 Å². The van der Waals surface area contributed by atoms with Gasteiger partial charge in [-0.2, -0.15) is 0 Å². The van der Waals surface area contributed by atoms with Crippen molar-refractivity contribution >= 4 is 17.5 Å². The van der Waals surface area contributed by atoms with Crippen molar-refractivity contribution in [3.63, 3.8) is 0 Å². The van der Waals surface area contributed by atoms with Crippen molar-refractivity contribution in [2.24, 2.45) is 5.92 Å². The van der Waals surface area contributed by atoms with Crippen LogP contribution in [-0.2, 0) is 4.79 Å². The third-order valence-corrected chi connectivity index (χ3v) is 3.66. The number of rotatable bonds is 3. The summed E-state index contributed by atoms with van der Waals surface area (Å²) in [5, 5.41) is 2.59. The number of amides is 2. The fraction of sp³-hybridized carbons (Fsp3) is 0.467. The van der Waals surface area contributed by atoms with E-state index in [1.54, 1.807) is 19.2 Å². The Morgan fingerprint density at radius 1 is 1.32 bits per heavy atom. The summed E-state index contributed by atoms with van der Waals surface area (Å²) in [5.74, 6) is 0.496. The molecule has 102 valence electrons. The van der Waals surface area contributed by atoms with E-state index >= 15 is 0 Å². The highest BCUT2D eigenvalue weighted by Gasteiger charge is 2.33. The Labute approximate surface area is 113 Å². The maximum atomic E-state index is 12.0. The molecule has 4 nitrogen and oxygen atoms in total. The van der Waals surface area contributed by atoms with Gasteiger partial charge >= 0.3 is 0 Å². The van der Waals surface area contributed by atoms with E-state index in [4.69, 9.17) is 0 Å². The van der Waals surface area contributed by atoms with Crippen molar-refractivity contribution in [3.05, 3.63) is 29.8 Å². The van der Waals surface area contributed by atoms with Crippen molar-refractivity contribution in [1.82, 2.24) is 5.32 Å². The third-order valence-electron chi connectivity index (χ3n) is 3.66. The minimum atomic E-state index is -0.111. The van der Waals surface area contributed by atoms with Crippen molar-refractivity contribution < 1.29 is 9.59 Å². The van der Waals surface area contributed by atoms with E-state index in [-0.39, 0.29) is 17.9 Å². The molecule has 0 spiro atoms. The average molecular weight is 260 g/mol. The molecule has 0 aromatic heterocycles. The van der Waals surface area contributed by atoms with Crippen molar-refractivity contribution in [3.8, 4) is 0 Å². The smallest absolute Gasteiger partial charge is 0.251 e. The lowest BCUT2D eigenvalue weighted by atomic mass is 10.0. The van der Waals surface area contributed by atoms with Crippen LogP contribution < -0.4 is 10.2 Å². The molecule has 1 N–H and O–H groups in total. The SMILES string of the molecule is CNC(=O)c1ccc(N2C(=O)CCC2C(C)C)cc1. The number of hydrogen-bond acceptors (Lipinski definition) is 2. The van der Waals surface area contributed by atoms with E-state index < -0.39 is 0 Å². The van der Waals surface area contributed by atoms with E-state index in [9.17, 15) is 9.59 Å². The second kappa shape index (κ2) is 5.43. The monoisotopic (exact) mass is 260 g/mol. The lowest BCUT2D eigenvalue weighted by molar-refractivity contribution is -0.117. The second-order valence-corrected chi connectivity index (χ2v) is 5.24. The number of carbonyl (C=O) groups is 2. The minimum absolute atomic E-state index is 0.111. The summed E-state index contributed by atoms with van der Waals surface area (Å²) in [5.41, 5.74) is 1.49. The fourth-order valence-corrected chi connectivity index (χ4v) is 2.59. The highest BCUT2D eigenvalue weighted by atomic mass is 16.2.